The fourth-order valence-electron chi connectivity index (χ4n) is 1.94. The number of aryl methyl sites for hydroxylation is 1. The molecule has 8 nitrogen and oxygen atoms in total. The van der Waals surface area contributed by atoms with Crippen molar-refractivity contribution in [2.45, 2.75) is 13.3 Å². The van der Waals surface area contributed by atoms with Crippen molar-refractivity contribution in [2.24, 2.45) is 0 Å². The molecule has 1 aromatic heterocycles. The standard InChI is InChI=1S/C12H13N5O3/c1-2-8-10(11(13)16-12(14)15-8)7-4-3-6(17(19)20)5-9(7)18/h3-5,18H,2H2,1H3,(H4,13,14,15,16). The summed E-state index contributed by atoms with van der Waals surface area (Å²) in [6.07, 6.45) is 0.530. The van der Waals surface area contributed by atoms with E-state index in [1.165, 1.54) is 12.1 Å². The van der Waals surface area contributed by atoms with Gasteiger partial charge in [-0.3, -0.25) is 10.1 Å². The Bertz CT molecular complexity index is 687. The van der Waals surface area contributed by atoms with Crippen molar-refractivity contribution in [3.8, 4) is 16.9 Å². The predicted octanol–water partition coefficient (Wildman–Crippen LogP) is 1.48. The first-order valence-electron chi connectivity index (χ1n) is 5.83. The van der Waals surface area contributed by atoms with Crippen LogP contribution >= 0.6 is 0 Å². The topological polar surface area (TPSA) is 141 Å². The summed E-state index contributed by atoms with van der Waals surface area (Å²) in [5.41, 5.74) is 12.5. The first-order valence-corrected chi connectivity index (χ1v) is 5.83. The van der Waals surface area contributed by atoms with E-state index in [0.717, 1.165) is 6.07 Å². The predicted molar refractivity (Wildman–Crippen MR) is 74.0 cm³/mol. The van der Waals surface area contributed by atoms with Crippen LogP contribution in [0.2, 0.25) is 0 Å². The number of nitrogens with two attached hydrogens (primary N) is 2. The Hall–Kier alpha value is -2.90. The number of rotatable bonds is 3. The maximum absolute atomic E-state index is 10.7. The highest BCUT2D eigenvalue weighted by molar-refractivity contribution is 5.81. The van der Waals surface area contributed by atoms with Crippen molar-refractivity contribution < 1.29 is 10.0 Å². The highest BCUT2D eigenvalue weighted by Crippen LogP contribution is 2.36. The number of non-ortho nitro benzene ring substituents is 1. The lowest BCUT2D eigenvalue weighted by molar-refractivity contribution is -0.384. The van der Waals surface area contributed by atoms with Crippen LogP contribution in [0.4, 0.5) is 17.5 Å². The van der Waals surface area contributed by atoms with Crippen LogP contribution in [0.25, 0.3) is 11.1 Å². The van der Waals surface area contributed by atoms with Gasteiger partial charge in [0, 0.05) is 17.2 Å². The minimum atomic E-state index is -0.590. The number of phenols is 1. The molecular weight excluding hydrogens is 262 g/mol. The first-order chi connectivity index (χ1) is 9.43. The number of hydrogen-bond donors (Lipinski definition) is 3. The number of anilines is 2. The van der Waals surface area contributed by atoms with Crippen LogP contribution in [-0.4, -0.2) is 20.0 Å². The van der Waals surface area contributed by atoms with E-state index in [4.69, 9.17) is 11.5 Å². The van der Waals surface area contributed by atoms with Crippen molar-refractivity contribution >= 4 is 17.5 Å². The number of nitrogen functional groups attached to an aromatic ring is 2. The van der Waals surface area contributed by atoms with Gasteiger partial charge in [0.15, 0.2) is 0 Å². The summed E-state index contributed by atoms with van der Waals surface area (Å²) in [5.74, 6) is -0.0861. The summed E-state index contributed by atoms with van der Waals surface area (Å²) >= 11 is 0. The van der Waals surface area contributed by atoms with E-state index in [0.29, 0.717) is 23.2 Å². The van der Waals surface area contributed by atoms with Crippen LogP contribution in [0, 0.1) is 10.1 Å². The van der Waals surface area contributed by atoms with E-state index < -0.39 is 4.92 Å². The summed E-state index contributed by atoms with van der Waals surface area (Å²) in [6.45, 7) is 1.85. The number of nitro groups is 1. The summed E-state index contributed by atoms with van der Waals surface area (Å²) in [5, 5.41) is 20.6. The largest absolute Gasteiger partial charge is 0.507 e. The minimum absolute atomic E-state index is 0.0458. The fraction of sp³-hybridized carbons (Fsp3) is 0.167. The van der Waals surface area contributed by atoms with Crippen LogP contribution < -0.4 is 11.5 Å². The van der Waals surface area contributed by atoms with Crippen LogP contribution in [0.1, 0.15) is 12.6 Å². The third-order valence-corrected chi connectivity index (χ3v) is 2.83. The lowest BCUT2D eigenvalue weighted by atomic mass is 10.0. The third-order valence-electron chi connectivity index (χ3n) is 2.83. The molecule has 5 N–H and O–H groups in total. The van der Waals surface area contributed by atoms with Gasteiger partial charge in [0.2, 0.25) is 5.95 Å². The monoisotopic (exact) mass is 275 g/mol. The number of aromatic hydroxyl groups is 1. The van der Waals surface area contributed by atoms with E-state index in [1.807, 2.05) is 6.92 Å². The molecule has 0 spiro atoms. The van der Waals surface area contributed by atoms with Gasteiger partial charge in [0.05, 0.1) is 16.7 Å². The van der Waals surface area contributed by atoms with Crippen LogP contribution in [-0.2, 0) is 6.42 Å². The van der Waals surface area contributed by atoms with Crippen molar-refractivity contribution in [3.05, 3.63) is 34.0 Å². The second-order valence-corrected chi connectivity index (χ2v) is 4.10. The average molecular weight is 275 g/mol. The lowest BCUT2D eigenvalue weighted by Gasteiger charge is -2.12. The number of aromatic nitrogens is 2. The number of nitrogens with zero attached hydrogens (tertiary/aromatic N) is 3. The third kappa shape index (κ3) is 2.30. The Balaban J connectivity index is 2.65. The first kappa shape index (κ1) is 13.5. The van der Waals surface area contributed by atoms with Gasteiger partial charge in [0.25, 0.3) is 5.69 Å². The van der Waals surface area contributed by atoms with Gasteiger partial charge < -0.3 is 16.6 Å². The highest BCUT2D eigenvalue weighted by Gasteiger charge is 2.18. The van der Waals surface area contributed by atoms with Gasteiger partial charge in [-0.2, -0.15) is 4.98 Å². The van der Waals surface area contributed by atoms with Gasteiger partial charge in [-0.25, -0.2) is 4.98 Å². The van der Waals surface area contributed by atoms with E-state index in [-0.39, 0.29) is 23.2 Å². The normalized spacial score (nSPS) is 10.4. The minimum Gasteiger partial charge on any atom is -0.507 e. The molecule has 0 aliphatic carbocycles. The highest BCUT2D eigenvalue weighted by atomic mass is 16.6. The molecule has 0 aliphatic heterocycles. The summed E-state index contributed by atoms with van der Waals surface area (Å²) in [6, 6.07) is 3.76. The molecule has 1 heterocycles. The Kier molecular flexibility index (Phi) is 3.38. The molecule has 2 rings (SSSR count). The molecule has 0 amide bonds. The molecule has 20 heavy (non-hydrogen) atoms. The van der Waals surface area contributed by atoms with Gasteiger partial charge in [-0.15, -0.1) is 0 Å². The van der Waals surface area contributed by atoms with Crippen molar-refractivity contribution in [2.75, 3.05) is 11.5 Å². The van der Waals surface area contributed by atoms with E-state index in [2.05, 4.69) is 9.97 Å². The summed E-state index contributed by atoms with van der Waals surface area (Å²) < 4.78 is 0. The zero-order valence-corrected chi connectivity index (χ0v) is 10.7. The Morgan fingerprint density at radius 2 is 2.05 bits per heavy atom. The number of hydrogen-bond acceptors (Lipinski definition) is 7. The Morgan fingerprint density at radius 3 is 2.60 bits per heavy atom. The van der Waals surface area contributed by atoms with E-state index in [9.17, 15) is 15.2 Å². The average Bonchev–Trinajstić information content (AvgIpc) is 2.38. The van der Waals surface area contributed by atoms with Crippen LogP contribution in [0.5, 0.6) is 5.75 Å². The molecule has 0 atom stereocenters. The quantitative estimate of drug-likeness (QED) is 0.568. The van der Waals surface area contributed by atoms with Gasteiger partial charge >= 0.3 is 0 Å². The summed E-state index contributed by atoms with van der Waals surface area (Å²) in [7, 11) is 0. The molecule has 0 saturated carbocycles. The second kappa shape index (κ2) is 5.00. The lowest BCUT2D eigenvalue weighted by Crippen LogP contribution is -2.06. The molecule has 2 aromatic rings. The number of nitro benzene ring substituents is 1. The molecule has 0 fully saturated rings. The second-order valence-electron chi connectivity index (χ2n) is 4.10. The smallest absolute Gasteiger partial charge is 0.273 e. The van der Waals surface area contributed by atoms with Crippen LogP contribution in [0.15, 0.2) is 18.2 Å². The maximum atomic E-state index is 10.7. The van der Waals surface area contributed by atoms with Gasteiger partial charge in [0.1, 0.15) is 11.6 Å². The molecule has 0 saturated heterocycles. The van der Waals surface area contributed by atoms with Gasteiger partial charge in [-0.1, -0.05) is 6.92 Å². The molecule has 104 valence electrons. The Labute approximate surface area is 114 Å². The molecule has 0 unspecified atom stereocenters. The number of benzene rings is 1. The molecule has 1 aromatic carbocycles. The molecule has 0 radical (unpaired) electrons. The molecule has 0 bridgehead atoms. The zero-order valence-electron chi connectivity index (χ0n) is 10.7. The van der Waals surface area contributed by atoms with Crippen molar-refractivity contribution in [3.63, 3.8) is 0 Å². The zero-order chi connectivity index (χ0) is 14.9. The van der Waals surface area contributed by atoms with E-state index in [1.54, 1.807) is 0 Å². The SMILES string of the molecule is CCc1nc(N)nc(N)c1-c1ccc([N+](=O)[O-])cc1O. The van der Waals surface area contributed by atoms with Crippen molar-refractivity contribution in [1.82, 2.24) is 9.97 Å². The maximum Gasteiger partial charge on any atom is 0.273 e. The summed E-state index contributed by atoms with van der Waals surface area (Å²) in [4.78, 5) is 18.0. The van der Waals surface area contributed by atoms with Crippen molar-refractivity contribution in [1.29, 1.82) is 0 Å². The molecular formula is C12H13N5O3. The molecule has 0 aliphatic rings. The van der Waals surface area contributed by atoms with Crippen LogP contribution in [0.3, 0.4) is 0 Å². The van der Waals surface area contributed by atoms with E-state index >= 15 is 0 Å². The fourth-order valence-corrected chi connectivity index (χ4v) is 1.94. The number of phenolic OH excluding ortho intramolecular Hbond substituents is 1. The molecule has 8 heteroatoms. The Morgan fingerprint density at radius 1 is 1.35 bits per heavy atom. The van der Waals surface area contributed by atoms with Gasteiger partial charge in [-0.05, 0) is 12.5 Å².